The van der Waals surface area contributed by atoms with E-state index in [9.17, 15) is 5.11 Å². The molecule has 2 aromatic rings. The van der Waals surface area contributed by atoms with Crippen molar-refractivity contribution in [3.8, 4) is 11.5 Å². The van der Waals surface area contributed by atoms with E-state index in [0.717, 1.165) is 22.2 Å². The first kappa shape index (κ1) is 11.7. The van der Waals surface area contributed by atoms with Crippen molar-refractivity contribution in [2.75, 3.05) is 14.2 Å². The van der Waals surface area contributed by atoms with E-state index in [1.54, 1.807) is 20.3 Å². The highest BCUT2D eigenvalue weighted by molar-refractivity contribution is 5.89. The number of hydrogen-bond acceptors (Lipinski definition) is 4. The Kier molecular flexibility index (Phi) is 3.15. The summed E-state index contributed by atoms with van der Waals surface area (Å²) in [5.41, 5.74) is 2.42. The number of aryl methyl sites for hydroxylation is 1. The molecule has 1 aromatic heterocycles. The molecule has 0 bridgehead atoms. The van der Waals surface area contributed by atoms with Gasteiger partial charge < -0.3 is 14.6 Å². The zero-order valence-corrected chi connectivity index (χ0v) is 10.2. The lowest BCUT2D eigenvalue weighted by molar-refractivity contribution is 0.283. The summed E-state index contributed by atoms with van der Waals surface area (Å²) in [7, 11) is 3.19. The second-order valence-corrected chi connectivity index (χ2v) is 3.81. The predicted octanol–water partition coefficient (Wildman–Crippen LogP) is 2.05. The van der Waals surface area contributed by atoms with Crippen molar-refractivity contribution in [1.82, 2.24) is 4.98 Å². The molecule has 0 unspecified atom stereocenters. The van der Waals surface area contributed by atoms with Crippen molar-refractivity contribution in [1.29, 1.82) is 0 Å². The van der Waals surface area contributed by atoms with E-state index in [1.807, 2.05) is 19.1 Å². The number of methoxy groups -OCH3 is 2. The number of aromatic nitrogens is 1. The molecule has 2 rings (SSSR count). The van der Waals surface area contributed by atoms with E-state index in [-0.39, 0.29) is 6.61 Å². The third kappa shape index (κ3) is 2.03. The highest BCUT2D eigenvalue weighted by Gasteiger charge is 2.10. The van der Waals surface area contributed by atoms with Gasteiger partial charge in [-0.1, -0.05) is 0 Å². The molecule has 0 saturated heterocycles. The summed E-state index contributed by atoms with van der Waals surface area (Å²) < 4.78 is 10.5. The van der Waals surface area contributed by atoms with E-state index in [1.165, 1.54) is 0 Å². The number of rotatable bonds is 3. The van der Waals surface area contributed by atoms with Crippen molar-refractivity contribution in [3.63, 3.8) is 0 Å². The van der Waals surface area contributed by atoms with E-state index < -0.39 is 0 Å². The number of hydrogen-bond donors (Lipinski definition) is 1. The maximum Gasteiger partial charge on any atom is 0.148 e. The van der Waals surface area contributed by atoms with Crippen LogP contribution in [0.25, 0.3) is 10.9 Å². The van der Waals surface area contributed by atoms with Crippen LogP contribution in [-0.4, -0.2) is 24.3 Å². The lowest BCUT2D eigenvalue weighted by atomic mass is 10.1. The second-order valence-electron chi connectivity index (χ2n) is 3.81. The van der Waals surface area contributed by atoms with Gasteiger partial charge in [0.2, 0.25) is 0 Å². The monoisotopic (exact) mass is 233 g/mol. The molecule has 0 radical (unpaired) electrons. The normalized spacial score (nSPS) is 10.6. The minimum absolute atomic E-state index is 0.0316. The van der Waals surface area contributed by atoms with Gasteiger partial charge in [0.1, 0.15) is 17.0 Å². The molecule has 0 aliphatic heterocycles. The molecule has 4 nitrogen and oxygen atoms in total. The number of aliphatic hydroxyl groups excluding tert-OH is 1. The molecule has 0 aliphatic rings. The lowest BCUT2D eigenvalue weighted by Gasteiger charge is -2.11. The van der Waals surface area contributed by atoms with Crippen LogP contribution in [0.15, 0.2) is 18.2 Å². The van der Waals surface area contributed by atoms with E-state index in [0.29, 0.717) is 11.5 Å². The molecule has 1 heterocycles. The number of aliphatic hydroxyl groups is 1. The van der Waals surface area contributed by atoms with Crippen LogP contribution in [0.2, 0.25) is 0 Å². The Bertz CT molecular complexity index is 552. The Labute approximate surface area is 99.8 Å². The average Bonchev–Trinajstić information content (AvgIpc) is 2.36. The Morgan fingerprint density at radius 3 is 2.53 bits per heavy atom. The number of ether oxygens (including phenoxy) is 2. The summed E-state index contributed by atoms with van der Waals surface area (Å²) >= 11 is 0. The maximum absolute atomic E-state index is 9.38. The molecule has 1 N–H and O–H groups in total. The molecule has 17 heavy (non-hydrogen) atoms. The van der Waals surface area contributed by atoms with E-state index in [4.69, 9.17) is 9.47 Å². The first-order chi connectivity index (χ1) is 8.19. The van der Waals surface area contributed by atoms with Crippen LogP contribution < -0.4 is 9.47 Å². The lowest BCUT2D eigenvalue weighted by Crippen LogP contribution is -1.96. The van der Waals surface area contributed by atoms with Crippen LogP contribution in [0.5, 0.6) is 11.5 Å². The van der Waals surface area contributed by atoms with Gasteiger partial charge in [0.15, 0.2) is 0 Å². The standard InChI is InChI=1S/C13H15NO3/c1-8-4-9(7-15)11-5-10(16-2)6-12(17-3)13(11)14-8/h4-6,15H,7H2,1-3H3. The predicted molar refractivity (Wildman–Crippen MR) is 65.5 cm³/mol. The summed E-state index contributed by atoms with van der Waals surface area (Å²) in [6, 6.07) is 5.51. The summed E-state index contributed by atoms with van der Waals surface area (Å²) in [5.74, 6) is 1.34. The third-order valence-corrected chi connectivity index (χ3v) is 2.69. The SMILES string of the molecule is COc1cc(OC)c2nc(C)cc(CO)c2c1. The topological polar surface area (TPSA) is 51.6 Å². The smallest absolute Gasteiger partial charge is 0.148 e. The Balaban J connectivity index is 2.83. The minimum Gasteiger partial charge on any atom is -0.497 e. The molecule has 0 fully saturated rings. The van der Waals surface area contributed by atoms with Crippen LogP contribution in [0.3, 0.4) is 0 Å². The molecular weight excluding hydrogens is 218 g/mol. The summed E-state index contributed by atoms with van der Waals surface area (Å²) in [5, 5.41) is 10.2. The van der Waals surface area contributed by atoms with Gasteiger partial charge in [-0.25, -0.2) is 4.98 Å². The minimum atomic E-state index is -0.0316. The van der Waals surface area contributed by atoms with Gasteiger partial charge in [0.05, 0.1) is 20.8 Å². The maximum atomic E-state index is 9.38. The number of benzene rings is 1. The van der Waals surface area contributed by atoms with Crippen LogP contribution >= 0.6 is 0 Å². The van der Waals surface area contributed by atoms with Crippen molar-refractivity contribution in [2.45, 2.75) is 13.5 Å². The summed E-state index contributed by atoms with van der Waals surface area (Å²) in [6.07, 6.45) is 0. The van der Waals surface area contributed by atoms with Crippen LogP contribution in [-0.2, 0) is 6.61 Å². The molecule has 0 aliphatic carbocycles. The highest BCUT2D eigenvalue weighted by Crippen LogP contribution is 2.32. The van der Waals surface area contributed by atoms with Crippen molar-refractivity contribution < 1.29 is 14.6 Å². The Morgan fingerprint density at radius 1 is 1.18 bits per heavy atom. The summed E-state index contributed by atoms with van der Waals surface area (Å²) in [6.45, 7) is 1.86. The first-order valence-electron chi connectivity index (χ1n) is 5.32. The van der Waals surface area contributed by atoms with E-state index >= 15 is 0 Å². The molecule has 0 amide bonds. The largest absolute Gasteiger partial charge is 0.497 e. The van der Waals surface area contributed by atoms with Crippen molar-refractivity contribution in [2.24, 2.45) is 0 Å². The second kappa shape index (κ2) is 4.59. The highest BCUT2D eigenvalue weighted by atomic mass is 16.5. The molecule has 0 saturated carbocycles. The van der Waals surface area contributed by atoms with Gasteiger partial charge in [-0.2, -0.15) is 0 Å². The molecule has 90 valence electrons. The van der Waals surface area contributed by atoms with Gasteiger partial charge in [-0.05, 0) is 24.6 Å². The molecule has 0 spiro atoms. The molecule has 0 atom stereocenters. The van der Waals surface area contributed by atoms with Crippen LogP contribution in [0.1, 0.15) is 11.3 Å². The molecule has 4 heteroatoms. The van der Waals surface area contributed by atoms with E-state index in [2.05, 4.69) is 4.98 Å². The van der Waals surface area contributed by atoms with Gasteiger partial charge in [-0.3, -0.25) is 0 Å². The molecular formula is C13H15NO3. The zero-order valence-electron chi connectivity index (χ0n) is 10.2. The number of nitrogens with zero attached hydrogens (tertiary/aromatic N) is 1. The van der Waals surface area contributed by atoms with Crippen LogP contribution in [0, 0.1) is 6.92 Å². The van der Waals surface area contributed by atoms with Crippen molar-refractivity contribution >= 4 is 10.9 Å². The van der Waals surface area contributed by atoms with Gasteiger partial charge in [-0.15, -0.1) is 0 Å². The van der Waals surface area contributed by atoms with Gasteiger partial charge >= 0.3 is 0 Å². The fraction of sp³-hybridized carbons (Fsp3) is 0.308. The van der Waals surface area contributed by atoms with Gasteiger partial charge in [0, 0.05) is 17.1 Å². The molecule has 1 aromatic carbocycles. The van der Waals surface area contributed by atoms with Crippen molar-refractivity contribution in [3.05, 3.63) is 29.5 Å². The number of pyridine rings is 1. The summed E-state index contributed by atoms with van der Waals surface area (Å²) in [4.78, 5) is 4.44. The Hall–Kier alpha value is -1.81. The zero-order chi connectivity index (χ0) is 12.4. The average molecular weight is 233 g/mol. The first-order valence-corrected chi connectivity index (χ1v) is 5.32. The van der Waals surface area contributed by atoms with Gasteiger partial charge in [0.25, 0.3) is 0 Å². The quantitative estimate of drug-likeness (QED) is 0.881. The number of fused-ring (bicyclic) bond motifs is 1. The third-order valence-electron chi connectivity index (χ3n) is 2.69. The van der Waals surface area contributed by atoms with Crippen LogP contribution in [0.4, 0.5) is 0 Å². The fourth-order valence-electron chi connectivity index (χ4n) is 1.89. The Morgan fingerprint density at radius 2 is 1.94 bits per heavy atom. The fourth-order valence-corrected chi connectivity index (χ4v) is 1.89.